The first-order valence-corrected chi connectivity index (χ1v) is 9.26. The van der Waals surface area contributed by atoms with E-state index in [2.05, 4.69) is 5.32 Å². The van der Waals surface area contributed by atoms with Crippen LogP contribution in [0, 0.1) is 0 Å². The Balaban J connectivity index is 1.53. The van der Waals surface area contributed by atoms with Crippen molar-refractivity contribution >= 4 is 17.2 Å². The molecule has 2 atom stereocenters. The molecule has 0 spiro atoms. The molecular weight excluding hydrogens is 346 g/mol. The Kier molecular flexibility index (Phi) is 6.04. The van der Waals surface area contributed by atoms with Crippen molar-refractivity contribution in [2.45, 2.75) is 25.7 Å². The fraction of sp³-hybridized carbons (Fsp3) is 0.190. The number of ether oxygens (including phenoxy) is 1. The molecule has 0 aliphatic heterocycles. The van der Waals surface area contributed by atoms with E-state index in [0.717, 1.165) is 15.3 Å². The monoisotopic (exact) mass is 367 g/mol. The average Bonchev–Trinajstić information content (AvgIpc) is 3.16. The molecule has 1 aromatic heterocycles. The van der Waals surface area contributed by atoms with Gasteiger partial charge in [-0.1, -0.05) is 48.5 Å². The minimum absolute atomic E-state index is 0.174. The second-order valence-electron chi connectivity index (χ2n) is 5.91. The number of para-hydroxylation sites is 1. The Morgan fingerprint density at radius 2 is 1.69 bits per heavy atom. The molecule has 4 nitrogen and oxygen atoms in total. The Labute approximate surface area is 157 Å². The Morgan fingerprint density at radius 3 is 2.38 bits per heavy atom. The third-order valence-electron chi connectivity index (χ3n) is 3.93. The summed E-state index contributed by atoms with van der Waals surface area (Å²) in [5.74, 6) is 0.493. The van der Waals surface area contributed by atoms with E-state index >= 15 is 0 Å². The van der Waals surface area contributed by atoms with Crippen LogP contribution in [0.15, 0.2) is 72.8 Å². The predicted molar refractivity (Wildman–Crippen MR) is 103 cm³/mol. The molecule has 5 heteroatoms. The number of rotatable bonds is 7. The maximum atomic E-state index is 12.2. The van der Waals surface area contributed by atoms with Gasteiger partial charge in [-0.2, -0.15) is 0 Å². The topological polar surface area (TPSA) is 58.6 Å². The molecule has 2 N–H and O–H groups in total. The summed E-state index contributed by atoms with van der Waals surface area (Å²) in [5, 5.41) is 13.3. The highest BCUT2D eigenvalue weighted by Gasteiger charge is 2.16. The molecule has 1 amide bonds. The van der Waals surface area contributed by atoms with Gasteiger partial charge in [0.15, 0.2) is 6.10 Å². The van der Waals surface area contributed by atoms with E-state index in [1.807, 2.05) is 72.8 Å². The van der Waals surface area contributed by atoms with Crippen LogP contribution >= 0.6 is 11.3 Å². The summed E-state index contributed by atoms with van der Waals surface area (Å²) in [6, 6.07) is 22.6. The molecule has 0 bridgehead atoms. The zero-order valence-corrected chi connectivity index (χ0v) is 15.3. The third kappa shape index (κ3) is 4.71. The van der Waals surface area contributed by atoms with Crippen LogP contribution < -0.4 is 10.1 Å². The molecule has 0 saturated carbocycles. The van der Waals surface area contributed by atoms with Crippen molar-refractivity contribution in [2.24, 2.45) is 0 Å². The predicted octanol–water partition coefficient (Wildman–Crippen LogP) is 3.91. The molecule has 0 aliphatic carbocycles. The fourth-order valence-electron chi connectivity index (χ4n) is 2.51. The van der Waals surface area contributed by atoms with Crippen molar-refractivity contribution in [3.05, 3.63) is 88.1 Å². The number of carbonyl (C=O) groups excluding carboxylic acids is 1. The molecule has 1 heterocycles. The lowest BCUT2D eigenvalue weighted by molar-refractivity contribution is -0.127. The van der Waals surface area contributed by atoms with Crippen molar-refractivity contribution in [2.75, 3.05) is 0 Å². The van der Waals surface area contributed by atoms with Crippen LogP contribution in [0.4, 0.5) is 0 Å². The van der Waals surface area contributed by atoms with Gasteiger partial charge in [0.05, 0.1) is 6.54 Å². The summed E-state index contributed by atoms with van der Waals surface area (Å²) < 4.78 is 5.62. The lowest BCUT2D eigenvalue weighted by Gasteiger charge is -2.14. The van der Waals surface area contributed by atoms with Gasteiger partial charge in [-0.3, -0.25) is 4.79 Å². The first-order chi connectivity index (χ1) is 12.6. The first-order valence-electron chi connectivity index (χ1n) is 8.44. The van der Waals surface area contributed by atoms with E-state index in [1.165, 1.54) is 11.3 Å². The fourth-order valence-corrected chi connectivity index (χ4v) is 3.48. The quantitative estimate of drug-likeness (QED) is 0.666. The average molecular weight is 367 g/mol. The second-order valence-corrected chi connectivity index (χ2v) is 7.11. The summed E-state index contributed by atoms with van der Waals surface area (Å²) in [5.41, 5.74) is 0.856. The minimum atomic E-state index is -0.647. The van der Waals surface area contributed by atoms with Crippen LogP contribution in [0.5, 0.6) is 5.75 Å². The SMILES string of the molecule is C[C@H](Oc1ccccc1)C(=O)NCc1ccc([C@H](O)c2ccccc2)s1. The summed E-state index contributed by atoms with van der Waals surface area (Å²) in [7, 11) is 0. The maximum absolute atomic E-state index is 12.2. The first kappa shape index (κ1) is 18.2. The minimum Gasteiger partial charge on any atom is -0.481 e. The number of amides is 1. The Bertz CT molecular complexity index is 833. The van der Waals surface area contributed by atoms with Crippen molar-refractivity contribution in [1.29, 1.82) is 0 Å². The highest BCUT2D eigenvalue weighted by Crippen LogP contribution is 2.28. The summed E-state index contributed by atoms with van der Waals surface area (Å²) >= 11 is 1.49. The van der Waals surface area contributed by atoms with Crippen LogP contribution in [-0.2, 0) is 11.3 Å². The number of carbonyl (C=O) groups is 1. The van der Waals surface area contributed by atoms with Crippen molar-refractivity contribution in [3.63, 3.8) is 0 Å². The molecule has 0 fully saturated rings. The van der Waals surface area contributed by atoms with E-state index in [0.29, 0.717) is 12.3 Å². The van der Waals surface area contributed by atoms with Crippen molar-refractivity contribution < 1.29 is 14.6 Å². The number of nitrogens with one attached hydrogen (secondary N) is 1. The summed E-state index contributed by atoms with van der Waals surface area (Å²) in [4.78, 5) is 14.0. The van der Waals surface area contributed by atoms with Crippen LogP contribution in [0.25, 0.3) is 0 Å². The van der Waals surface area contributed by atoms with E-state index in [-0.39, 0.29) is 5.91 Å². The van der Waals surface area contributed by atoms with Gasteiger partial charge in [-0.25, -0.2) is 0 Å². The lowest BCUT2D eigenvalue weighted by atomic mass is 10.1. The zero-order valence-electron chi connectivity index (χ0n) is 14.5. The van der Waals surface area contributed by atoms with Gasteiger partial charge in [-0.15, -0.1) is 11.3 Å². The van der Waals surface area contributed by atoms with Crippen LogP contribution in [0.1, 0.15) is 28.3 Å². The van der Waals surface area contributed by atoms with Crippen LogP contribution in [0.3, 0.4) is 0 Å². The van der Waals surface area contributed by atoms with Gasteiger partial charge in [0.1, 0.15) is 11.9 Å². The number of aliphatic hydroxyl groups is 1. The number of hydrogen-bond acceptors (Lipinski definition) is 4. The van der Waals surface area contributed by atoms with Gasteiger partial charge < -0.3 is 15.2 Å². The molecule has 0 radical (unpaired) electrons. The van der Waals surface area contributed by atoms with Gasteiger partial charge in [0, 0.05) is 9.75 Å². The van der Waals surface area contributed by atoms with Gasteiger partial charge in [0.25, 0.3) is 5.91 Å². The molecular formula is C21H21NO3S. The largest absolute Gasteiger partial charge is 0.481 e. The van der Waals surface area contributed by atoms with Gasteiger partial charge in [0.2, 0.25) is 0 Å². The van der Waals surface area contributed by atoms with Gasteiger partial charge >= 0.3 is 0 Å². The van der Waals surface area contributed by atoms with Crippen molar-refractivity contribution in [1.82, 2.24) is 5.32 Å². The number of hydrogen-bond donors (Lipinski definition) is 2. The lowest BCUT2D eigenvalue weighted by Crippen LogP contribution is -2.35. The standard InChI is InChI=1S/C21H21NO3S/c1-15(25-17-10-6-3-7-11-17)21(24)22-14-18-12-13-19(26-18)20(23)16-8-4-2-5-9-16/h2-13,15,20,23H,14H2,1H3,(H,22,24)/t15-,20+/m0/s1. The van der Waals surface area contributed by atoms with E-state index in [1.54, 1.807) is 6.92 Å². The molecule has 0 aliphatic rings. The zero-order chi connectivity index (χ0) is 18.4. The molecule has 3 rings (SSSR count). The number of thiophene rings is 1. The Hall–Kier alpha value is -2.63. The molecule has 26 heavy (non-hydrogen) atoms. The molecule has 0 saturated heterocycles. The van der Waals surface area contributed by atoms with Crippen molar-refractivity contribution in [3.8, 4) is 5.75 Å². The van der Waals surface area contributed by atoms with Crippen LogP contribution in [0.2, 0.25) is 0 Å². The highest BCUT2D eigenvalue weighted by atomic mass is 32.1. The van der Waals surface area contributed by atoms with Gasteiger partial charge in [-0.05, 0) is 36.8 Å². The number of aliphatic hydroxyl groups excluding tert-OH is 1. The summed E-state index contributed by atoms with van der Waals surface area (Å²) in [6.45, 7) is 2.13. The van der Waals surface area contributed by atoms with E-state index in [9.17, 15) is 9.90 Å². The molecule has 3 aromatic rings. The number of benzene rings is 2. The maximum Gasteiger partial charge on any atom is 0.261 e. The Morgan fingerprint density at radius 1 is 1.04 bits per heavy atom. The highest BCUT2D eigenvalue weighted by molar-refractivity contribution is 7.12. The smallest absolute Gasteiger partial charge is 0.261 e. The van der Waals surface area contributed by atoms with E-state index in [4.69, 9.17) is 4.74 Å². The molecule has 0 unspecified atom stereocenters. The van der Waals surface area contributed by atoms with E-state index < -0.39 is 12.2 Å². The third-order valence-corrected chi connectivity index (χ3v) is 5.07. The second kappa shape index (κ2) is 8.65. The molecule has 2 aromatic carbocycles. The molecule has 134 valence electrons. The van der Waals surface area contributed by atoms with Crippen LogP contribution in [-0.4, -0.2) is 17.1 Å². The normalized spacial score (nSPS) is 13.0. The summed E-state index contributed by atoms with van der Waals surface area (Å²) in [6.07, 6.45) is -1.22.